The van der Waals surface area contributed by atoms with Crippen LogP contribution in [-0.2, 0) is 42.0 Å². The maximum absolute atomic E-state index is 7.13. The quantitative estimate of drug-likeness (QED) is 0.208. The average molecular weight is 548 g/mol. The first-order valence-corrected chi connectivity index (χ1v) is 10.7. The van der Waals surface area contributed by atoms with E-state index in [9.17, 15) is 0 Å². The minimum atomic E-state index is 0. The minimum Gasteiger partial charge on any atom is -0.696 e. The number of rotatable bonds is 0. The van der Waals surface area contributed by atoms with Crippen LogP contribution in [0.1, 0.15) is 22.3 Å². The van der Waals surface area contributed by atoms with Crippen LogP contribution >= 0.6 is 0 Å². The van der Waals surface area contributed by atoms with Gasteiger partial charge in [0.2, 0.25) is 0 Å². The molecule has 183 valence electrons. The van der Waals surface area contributed by atoms with E-state index in [2.05, 4.69) is 45.2 Å². The van der Waals surface area contributed by atoms with E-state index in [4.69, 9.17) is 10.5 Å². The molecule has 0 aromatic carbocycles. The molecule has 0 aliphatic carbocycles. The fraction of sp³-hybridized carbons (Fsp3) is 0.154. The van der Waals surface area contributed by atoms with E-state index in [-0.39, 0.29) is 16.8 Å². The van der Waals surface area contributed by atoms with Crippen molar-refractivity contribution in [2.24, 2.45) is 0 Å². The van der Waals surface area contributed by atoms with E-state index < -0.39 is 0 Å². The fourth-order valence-electron chi connectivity index (χ4n) is 1.71. The van der Waals surface area contributed by atoms with Crippen molar-refractivity contribution in [2.45, 2.75) is 27.7 Å². The second-order valence-corrected chi connectivity index (χ2v) is 6.65. The van der Waals surface area contributed by atoms with Crippen LogP contribution in [0, 0.1) is 49.0 Å². The Morgan fingerprint density at radius 1 is 0.457 bits per heavy atom. The molecule has 4 heterocycles. The van der Waals surface area contributed by atoms with Crippen LogP contribution in [0.3, 0.4) is 0 Å². The number of hydrogen-bond donors (Lipinski definition) is 0. The second kappa shape index (κ2) is 28.6. The molecular formula is C26H28CoN6S2. The largest absolute Gasteiger partial charge is 2.00 e. The summed E-state index contributed by atoms with van der Waals surface area (Å²) in [7, 11) is 0. The van der Waals surface area contributed by atoms with Gasteiger partial charge in [0, 0.05) is 49.6 Å². The second-order valence-electron chi connectivity index (χ2n) is 6.28. The summed E-state index contributed by atoms with van der Waals surface area (Å²) in [6.45, 7) is 8.17. The van der Waals surface area contributed by atoms with Gasteiger partial charge < -0.3 is 25.3 Å². The molecule has 0 spiro atoms. The topological polar surface area (TPSA) is 99.1 Å². The van der Waals surface area contributed by atoms with E-state index in [1.807, 2.05) is 76.2 Å². The number of nitriles is 2. The van der Waals surface area contributed by atoms with Gasteiger partial charge in [-0.1, -0.05) is 10.8 Å². The molecule has 0 unspecified atom stereocenters. The molecule has 1 radical (unpaired) electrons. The Labute approximate surface area is 230 Å². The first-order chi connectivity index (χ1) is 16.4. The summed E-state index contributed by atoms with van der Waals surface area (Å²) in [5, 5.41) is 16.9. The molecule has 0 amide bonds. The van der Waals surface area contributed by atoms with Crippen molar-refractivity contribution in [1.29, 1.82) is 10.5 Å². The van der Waals surface area contributed by atoms with Crippen molar-refractivity contribution >= 4 is 25.3 Å². The summed E-state index contributed by atoms with van der Waals surface area (Å²) < 4.78 is 0. The van der Waals surface area contributed by atoms with Crippen LogP contribution in [-0.4, -0.2) is 19.9 Å². The molecule has 4 aromatic heterocycles. The Hall–Kier alpha value is -3.47. The molecule has 35 heavy (non-hydrogen) atoms. The number of hydrogen-bond acceptors (Lipinski definition) is 8. The molecule has 4 aromatic rings. The van der Waals surface area contributed by atoms with Gasteiger partial charge in [0.05, 0.1) is 0 Å². The maximum Gasteiger partial charge on any atom is 2.00 e. The summed E-state index contributed by atoms with van der Waals surface area (Å²) in [5.74, 6) is 0. The van der Waals surface area contributed by atoms with Crippen LogP contribution in [0.2, 0.25) is 0 Å². The van der Waals surface area contributed by atoms with Gasteiger partial charge in [-0.05, 0) is 98.5 Å². The maximum atomic E-state index is 7.13. The van der Waals surface area contributed by atoms with Gasteiger partial charge in [0.1, 0.15) is 0 Å². The number of aryl methyl sites for hydroxylation is 4. The van der Waals surface area contributed by atoms with Crippen molar-refractivity contribution in [3.63, 3.8) is 0 Å². The molecule has 0 bridgehead atoms. The third-order valence-electron chi connectivity index (χ3n) is 3.39. The van der Waals surface area contributed by atoms with Gasteiger partial charge >= 0.3 is 16.8 Å². The number of aromatic nitrogens is 4. The van der Waals surface area contributed by atoms with Gasteiger partial charge in [0.25, 0.3) is 0 Å². The molecule has 0 aliphatic rings. The molecule has 0 fully saturated rings. The van der Waals surface area contributed by atoms with E-state index in [0.29, 0.717) is 0 Å². The Morgan fingerprint density at radius 2 is 0.571 bits per heavy atom. The Kier molecular flexibility index (Phi) is 29.5. The number of nitrogens with zero attached hydrogens (tertiary/aromatic N) is 6. The van der Waals surface area contributed by atoms with Crippen LogP contribution in [0.25, 0.3) is 0 Å². The molecule has 9 heteroatoms. The predicted molar refractivity (Wildman–Crippen MR) is 142 cm³/mol. The molecule has 0 saturated heterocycles. The third kappa shape index (κ3) is 30.5. The van der Waals surface area contributed by atoms with Crippen LogP contribution in [0.15, 0.2) is 98.1 Å². The van der Waals surface area contributed by atoms with Crippen molar-refractivity contribution in [3.05, 3.63) is 120 Å². The first kappa shape index (κ1) is 36.1. The SMILES string of the molecule is Cc1ccncc1.Cc1ccncc1.Cc1ccncc1.Cc1ccncc1.N#C[S-].N#C[S-].[Co+2]. The first-order valence-electron chi connectivity index (χ1n) is 9.90. The summed E-state index contributed by atoms with van der Waals surface area (Å²) in [6.07, 6.45) is 14.3. The molecule has 0 saturated carbocycles. The minimum absolute atomic E-state index is 0. The number of pyridine rings is 4. The van der Waals surface area contributed by atoms with Crippen LogP contribution in [0.5, 0.6) is 0 Å². The molecule has 4 rings (SSSR count). The van der Waals surface area contributed by atoms with Gasteiger partial charge in [0.15, 0.2) is 0 Å². The predicted octanol–water partition coefficient (Wildman–Crippen LogP) is 5.59. The monoisotopic (exact) mass is 547 g/mol. The Bertz CT molecular complexity index is 865. The van der Waals surface area contributed by atoms with Crippen molar-refractivity contribution in [3.8, 4) is 10.8 Å². The number of thiocyanates is 2. The Balaban J connectivity index is -0.000000360. The summed E-state index contributed by atoms with van der Waals surface area (Å²) >= 11 is 7.40. The molecule has 0 atom stereocenters. The molecule has 6 nitrogen and oxygen atoms in total. The fourth-order valence-corrected chi connectivity index (χ4v) is 1.71. The van der Waals surface area contributed by atoms with E-state index in [1.54, 1.807) is 49.6 Å². The van der Waals surface area contributed by atoms with E-state index in [1.165, 1.54) is 33.1 Å². The Morgan fingerprint density at radius 3 is 0.629 bits per heavy atom. The van der Waals surface area contributed by atoms with Crippen molar-refractivity contribution in [2.75, 3.05) is 0 Å². The zero-order valence-electron chi connectivity index (χ0n) is 20.1. The van der Waals surface area contributed by atoms with Gasteiger partial charge in [-0.2, -0.15) is 0 Å². The smallest absolute Gasteiger partial charge is 0.696 e. The van der Waals surface area contributed by atoms with Crippen LogP contribution < -0.4 is 0 Å². The van der Waals surface area contributed by atoms with Crippen molar-refractivity contribution < 1.29 is 16.8 Å². The van der Waals surface area contributed by atoms with Crippen molar-refractivity contribution in [1.82, 2.24) is 19.9 Å². The normalized spacial score (nSPS) is 7.37. The standard InChI is InChI=1S/4C6H7N.2CHNS.Co/c4*1-6-2-4-7-5-3-6;2*2-1-3;/h4*2-5H,1H3;2*3H;/q;;;;;;+2/p-2. The van der Waals surface area contributed by atoms with Gasteiger partial charge in [-0.15, -0.1) is 0 Å². The zero-order chi connectivity index (χ0) is 25.9. The van der Waals surface area contributed by atoms with Crippen LogP contribution in [0.4, 0.5) is 0 Å². The van der Waals surface area contributed by atoms with E-state index >= 15 is 0 Å². The molecule has 0 aliphatic heterocycles. The zero-order valence-corrected chi connectivity index (χ0v) is 22.7. The summed E-state index contributed by atoms with van der Waals surface area (Å²) in [6, 6.07) is 15.8. The van der Waals surface area contributed by atoms with Gasteiger partial charge in [-0.25, -0.2) is 10.5 Å². The molecule has 0 N–H and O–H groups in total. The summed E-state index contributed by atoms with van der Waals surface area (Å²) in [5.41, 5.74) is 5.04. The third-order valence-corrected chi connectivity index (χ3v) is 3.39. The van der Waals surface area contributed by atoms with E-state index in [0.717, 1.165) is 0 Å². The molecular weight excluding hydrogens is 519 g/mol. The average Bonchev–Trinajstić information content (AvgIpc) is 2.83. The van der Waals surface area contributed by atoms with Gasteiger partial charge in [-0.3, -0.25) is 19.9 Å². The summed E-state index contributed by atoms with van der Waals surface area (Å²) in [4.78, 5) is 15.4.